The lowest BCUT2D eigenvalue weighted by Crippen LogP contribution is -2.66. The number of fused-ring (bicyclic) bond motifs is 1. The summed E-state index contributed by atoms with van der Waals surface area (Å²) in [4.78, 5) is 10.8. The van der Waals surface area contributed by atoms with Gasteiger partial charge in [0.2, 0.25) is 0 Å². The SMILES string of the molecule is O=C(NC1(C(F)(F)F)Oc2ccc(Cl)cc2O1)C(F)(F)F. The molecule has 1 aliphatic rings. The first-order valence-corrected chi connectivity index (χ1v) is 5.46. The number of hydrogen-bond donors (Lipinski definition) is 1. The van der Waals surface area contributed by atoms with E-state index in [0.717, 1.165) is 18.2 Å². The largest absolute Gasteiger partial charge is 0.492 e. The number of ether oxygens (including phenoxy) is 2. The Morgan fingerprint density at radius 3 is 2.19 bits per heavy atom. The van der Waals surface area contributed by atoms with E-state index in [1.165, 1.54) is 0 Å². The zero-order chi connectivity index (χ0) is 16.1. The van der Waals surface area contributed by atoms with Gasteiger partial charge in [0.15, 0.2) is 11.5 Å². The Morgan fingerprint density at radius 2 is 1.67 bits per heavy atom. The lowest BCUT2D eigenvalue weighted by Gasteiger charge is -2.29. The average molecular weight is 336 g/mol. The topological polar surface area (TPSA) is 47.6 Å². The van der Waals surface area contributed by atoms with E-state index in [4.69, 9.17) is 11.6 Å². The highest BCUT2D eigenvalue weighted by Crippen LogP contribution is 2.46. The third kappa shape index (κ3) is 2.80. The first-order chi connectivity index (χ1) is 9.45. The summed E-state index contributed by atoms with van der Waals surface area (Å²) < 4.78 is 84.0. The standard InChI is InChI=1S/C10H4ClF6NO3/c11-4-1-2-5-6(3-4)21-10(20-5,9(15,16)17)18-7(19)8(12,13)14/h1-3H,(H,18,19). The molecule has 0 aliphatic carbocycles. The normalized spacial score (nSPS) is 21.3. The third-order valence-corrected chi connectivity index (χ3v) is 2.56. The van der Waals surface area contributed by atoms with E-state index in [-0.39, 0.29) is 5.02 Å². The Hall–Kier alpha value is -1.84. The predicted molar refractivity (Wildman–Crippen MR) is 55.7 cm³/mol. The zero-order valence-electron chi connectivity index (χ0n) is 9.60. The number of amides is 1. The van der Waals surface area contributed by atoms with Crippen LogP contribution in [0.15, 0.2) is 18.2 Å². The van der Waals surface area contributed by atoms with Crippen LogP contribution in [0, 0.1) is 0 Å². The Labute approximate surface area is 117 Å². The Balaban J connectivity index is 2.37. The van der Waals surface area contributed by atoms with Gasteiger partial charge >= 0.3 is 24.2 Å². The quantitative estimate of drug-likeness (QED) is 0.803. The van der Waals surface area contributed by atoms with Crippen LogP contribution in [0.4, 0.5) is 26.3 Å². The molecule has 0 saturated heterocycles. The highest BCUT2D eigenvalue weighted by molar-refractivity contribution is 6.30. The fourth-order valence-corrected chi connectivity index (χ4v) is 1.60. The maximum Gasteiger partial charge on any atom is 0.492 e. The third-order valence-electron chi connectivity index (χ3n) is 2.32. The van der Waals surface area contributed by atoms with Crippen molar-refractivity contribution in [3.63, 3.8) is 0 Å². The van der Waals surface area contributed by atoms with Crippen molar-refractivity contribution in [1.29, 1.82) is 0 Å². The minimum Gasteiger partial charge on any atom is -0.424 e. The highest BCUT2D eigenvalue weighted by Gasteiger charge is 2.67. The van der Waals surface area contributed by atoms with Crippen LogP contribution in [0.25, 0.3) is 0 Å². The summed E-state index contributed by atoms with van der Waals surface area (Å²) in [5, 5.41) is 0.632. The molecule has 2 rings (SSSR count). The van der Waals surface area contributed by atoms with Crippen molar-refractivity contribution in [2.45, 2.75) is 18.3 Å². The number of alkyl halides is 6. The van der Waals surface area contributed by atoms with E-state index in [9.17, 15) is 31.1 Å². The molecule has 4 nitrogen and oxygen atoms in total. The molecule has 1 aromatic carbocycles. The molecule has 21 heavy (non-hydrogen) atoms. The number of halogens is 7. The fraction of sp³-hybridized carbons (Fsp3) is 0.300. The van der Waals surface area contributed by atoms with Gasteiger partial charge < -0.3 is 9.47 Å². The lowest BCUT2D eigenvalue weighted by atomic mass is 10.3. The van der Waals surface area contributed by atoms with Gasteiger partial charge in [0.1, 0.15) is 0 Å². The number of nitrogens with one attached hydrogen (secondary N) is 1. The summed E-state index contributed by atoms with van der Waals surface area (Å²) in [6.07, 6.45) is -11.0. The fourth-order valence-electron chi connectivity index (χ4n) is 1.43. The molecule has 1 amide bonds. The number of benzene rings is 1. The van der Waals surface area contributed by atoms with Crippen LogP contribution in [0.3, 0.4) is 0 Å². The van der Waals surface area contributed by atoms with Crippen molar-refractivity contribution in [2.24, 2.45) is 0 Å². The number of hydrogen-bond acceptors (Lipinski definition) is 3. The first kappa shape index (κ1) is 15.5. The molecular weight excluding hydrogens is 332 g/mol. The van der Waals surface area contributed by atoms with E-state index in [1.54, 1.807) is 0 Å². The summed E-state index contributed by atoms with van der Waals surface area (Å²) in [5.74, 6) is -7.90. The Kier molecular flexibility index (Phi) is 3.39. The second-order valence-corrected chi connectivity index (χ2v) is 4.30. The summed E-state index contributed by atoms with van der Waals surface area (Å²) in [6, 6.07) is 3.01. The van der Waals surface area contributed by atoms with Crippen LogP contribution in [0.2, 0.25) is 5.02 Å². The van der Waals surface area contributed by atoms with Gasteiger partial charge in [0.25, 0.3) is 0 Å². The second-order valence-electron chi connectivity index (χ2n) is 3.86. The van der Waals surface area contributed by atoms with Gasteiger partial charge in [-0.3, -0.25) is 10.1 Å². The minimum atomic E-state index is -5.54. The molecule has 0 spiro atoms. The summed E-state index contributed by atoms with van der Waals surface area (Å²) in [6.45, 7) is 0. The van der Waals surface area contributed by atoms with Crippen molar-refractivity contribution in [2.75, 3.05) is 0 Å². The number of carbonyl (C=O) groups is 1. The van der Waals surface area contributed by atoms with Gasteiger partial charge in [0.05, 0.1) is 0 Å². The maximum atomic E-state index is 13.0. The smallest absolute Gasteiger partial charge is 0.424 e. The number of rotatable bonds is 1. The maximum absolute atomic E-state index is 13.0. The lowest BCUT2D eigenvalue weighted by molar-refractivity contribution is -0.322. The van der Waals surface area contributed by atoms with E-state index >= 15 is 0 Å². The predicted octanol–water partition coefficient (Wildman–Crippen LogP) is 3.01. The molecule has 1 aliphatic heterocycles. The zero-order valence-corrected chi connectivity index (χ0v) is 10.4. The van der Waals surface area contributed by atoms with Crippen LogP contribution in [-0.4, -0.2) is 24.2 Å². The first-order valence-electron chi connectivity index (χ1n) is 5.08. The molecular formula is C10H4ClF6NO3. The van der Waals surface area contributed by atoms with Gasteiger partial charge in [0, 0.05) is 11.1 Å². The molecule has 1 atom stereocenters. The summed E-state index contributed by atoms with van der Waals surface area (Å²) >= 11 is 5.52. The second kappa shape index (κ2) is 4.58. The van der Waals surface area contributed by atoms with Crippen LogP contribution in [0.1, 0.15) is 0 Å². The van der Waals surface area contributed by atoms with Crippen molar-refractivity contribution in [1.82, 2.24) is 5.32 Å². The van der Waals surface area contributed by atoms with Gasteiger partial charge in [-0.15, -0.1) is 0 Å². The van der Waals surface area contributed by atoms with Crippen LogP contribution >= 0.6 is 11.6 Å². The van der Waals surface area contributed by atoms with Crippen LogP contribution in [-0.2, 0) is 4.79 Å². The molecule has 1 aromatic rings. The number of carbonyl (C=O) groups excluding carboxylic acids is 1. The molecule has 1 N–H and O–H groups in total. The molecule has 11 heteroatoms. The van der Waals surface area contributed by atoms with Gasteiger partial charge in [-0.1, -0.05) is 11.6 Å². The Bertz CT molecular complexity index is 587. The van der Waals surface area contributed by atoms with E-state index < -0.39 is 35.7 Å². The van der Waals surface area contributed by atoms with E-state index in [0.29, 0.717) is 5.32 Å². The monoisotopic (exact) mass is 335 g/mol. The van der Waals surface area contributed by atoms with Gasteiger partial charge in [-0.25, -0.2) is 0 Å². The molecule has 0 fully saturated rings. The van der Waals surface area contributed by atoms with Crippen LogP contribution in [0.5, 0.6) is 11.5 Å². The molecule has 0 bridgehead atoms. The van der Waals surface area contributed by atoms with Crippen molar-refractivity contribution < 1.29 is 40.6 Å². The molecule has 0 radical (unpaired) electrons. The van der Waals surface area contributed by atoms with Gasteiger partial charge in [-0.05, 0) is 12.1 Å². The van der Waals surface area contributed by atoms with Crippen molar-refractivity contribution in [3.05, 3.63) is 23.2 Å². The van der Waals surface area contributed by atoms with Gasteiger partial charge in [-0.2, -0.15) is 26.3 Å². The van der Waals surface area contributed by atoms with Crippen molar-refractivity contribution in [3.8, 4) is 11.5 Å². The molecule has 0 saturated carbocycles. The minimum absolute atomic E-state index is 0.0301. The highest BCUT2D eigenvalue weighted by atomic mass is 35.5. The van der Waals surface area contributed by atoms with E-state index in [1.807, 2.05) is 0 Å². The molecule has 1 unspecified atom stereocenters. The van der Waals surface area contributed by atoms with Crippen molar-refractivity contribution >= 4 is 17.5 Å². The van der Waals surface area contributed by atoms with Crippen LogP contribution < -0.4 is 14.8 Å². The summed E-state index contributed by atoms with van der Waals surface area (Å²) in [7, 11) is 0. The Morgan fingerprint density at radius 1 is 1.10 bits per heavy atom. The summed E-state index contributed by atoms with van der Waals surface area (Å²) in [5.41, 5.74) is 0. The molecule has 0 aromatic heterocycles. The van der Waals surface area contributed by atoms with E-state index in [2.05, 4.69) is 9.47 Å². The molecule has 116 valence electrons. The average Bonchev–Trinajstić information content (AvgIpc) is 2.65. The molecule has 1 heterocycles.